The van der Waals surface area contributed by atoms with Crippen LogP contribution >= 0.6 is 0 Å². The first-order valence-corrected chi connectivity index (χ1v) is 7.42. The van der Waals surface area contributed by atoms with E-state index in [1.807, 2.05) is 0 Å². The fraction of sp³-hybridized carbons (Fsp3) is 1.00. The van der Waals surface area contributed by atoms with E-state index in [9.17, 15) is 0 Å². The Bertz CT molecular complexity index is 89.6. The Kier molecular flexibility index (Phi) is 1.96. The van der Waals surface area contributed by atoms with Gasteiger partial charge >= 0.3 is 0 Å². The Labute approximate surface area is 58.9 Å². The zero-order valence-electron chi connectivity index (χ0n) is 6.70. The number of hydrogen-bond acceptors (Lipinski definition) is 1. The van der Waals surface area contributed by atoms with E-state index >= 15 is 0 Å². The molecule has 1 rings (SSSR count). The van der Waals surface area contributed by atoms with Crippen molar-refractivity contribution in [3.63, 3.8) is 0 Å². The highest BCUT2D eigenvalue weighted by Gasteiger charge is 2.28. The first-order chi connectivity index (χ1) is 4.11. The highest BCUT2D eigenvalue weighted by Crippen LogP contribution is 2.16. The molecule has 0 aliphatic carbocycles. The zero-order chi connectivity index (χ0) is 6.91. The van der Waals surface area contributed by atoms with Gasteiger partial charge in [0.1, 0.15) is 0 Å². The molecule has 0 aromatic carbocycles. The van der Waals surface area contributed by atoms with Crippen LogP contribution in [0, 0.1) is 0 Å². The summed E-state index contributed by atoms with van der Waals surface area (Å²) < 4.78 is 0. The van der Waals surface area contributed by atoms with Gasteiger partial charge < -0.3 is 5.32 Å². The molecule has 0 saturated carbocycles. The SMILES string of the molecule is C[Si](C)(C)[C@H]1CCCN1. The molecule has 1 saturated heterocycles. The quantitative estimate of drug-likeness (QED) is 0.550. The van der Waals surface area contributed by atoms with E-state index in [1.165, 1.54) is 19.4 Å². The summed E-state index contributed by atoms with van der Waals surface area (Å²) in [6, 6.07) is 0. The summed E-state index contributed by atoms with van der Waals surface area (Å²) in [5.74, 6) is 0. The van der Waals surface area contributed by atoms with Crippen molar-refractivity contribution in [2.45, 2.75) is 38.1 Å². The van der Waals surface area contributed by atoms with Crippen molar-refractivity contribution < 1.29 is 0 Å². The maximum Gasteiger partial charge on any atom is 0.0635 e. The van der Waals surface area contributed by atoms with Crippen LogP contribution in [0.5, 0.6) is 0 Å². The summed E-state index contributed by atoms with van der Waals surface area (Å²) in [4.78, 5) is 0. The van der Waals surface area contributed by atoms with Gasteiger partial charge in [0.15, 0.2) is 0 Å². The van der Waals surface area contributed by atoms with Crippen LogP contribution in [-0.4, -0.2) is 20.3 Å². The van der Waals surface area contributed by atoms with Crippen LogP contribution in [0.25, 0.3) is 0 Å². The highest BCUT2D eigenvalue weighted by atomic mass is 28.3. The molecule has 1 atom stereocenters. The molecular weight excluding hydrogens is 126 g/mol. The van der Waals surface area contributed by atoms with Crippen LogP contribution in [0.4, 0.5) is 0 Å². The molecule has 1 fully saturated rings. The summed E-state index contributed by atoms with van der Waals surface area (Å²) >= 11 is 0. The Hall–Kier alpha value is 0.177. The molecule has 1 heterocycles. The van der Waals surface area contributed by atoms with Crippen LogP contribution in [0.3, 0.4) is 0 Å². The molecule has 0 radical (unpaired) electrons. The van der Waals surface area contributed by atoms with Crippen LogP contribution in [0.2, 0.25) is 19.6 Å². The lowest BCUT2D eigenvalue weighted by atomic mass is 10.4. The molecule has 1 aliphatic heterocycles. The zero-order valence-corrected chi connectivity index (χ0v) is 7.70. The summed E-state index contributed by atoms with van der Waals surface area (Å²) in [6.07, 6.45) is 2.82. The average Bonchev–Trinajstić information content (AvgIpc) is 2.08. The lowest BCUT2D eigenvalue weighted by Crippen LogP contribution is -2.44. The molecule has 1 aliphatic rings. The lowest BCUT2D eigenvalue weighted by Gasteiger charge is -2.24. The normalized spacial score (nSPS) is 29.0. The molecule has 0 unspecified atom stereocenters. The second-order valence-corrected chi connectivity index (χ2v) is 9.44. The van der Waals surface area contributed by atoms with Crippen molar-refractivity contribution in [2.75, 3.05) is 6.54 Å². The van der Waals surface area contributed by atoms with Crippen molar-refractivity contribution in [3.8, 4) is 0 Å². The summed E-state index contributed by atoms with van der Waals surface area (Å²) in [5, 5.41) is 3.56. The second-order valence-electron chi connectivity index (χ2n) is 4.01. The average molecular weight is 143 g/mol. The van der Waals surface area contributed by atoms with E-state index in [0.717, 1.165) is 5.67 Å². The molecule has 0 spiro atoms. The maximum absolute atomic E-state index is 3.56. The lowest BCUT2D eigenvalue weighted by molar-refractivity contribution is 0.764. The first kappa shape index (κ1) is 7.29. The van der Waals surface area contributed by atoms with Crippen molar-refractivity contribution in [3.05, 3.63) is 0 Å². The molecule has 54 valence electrons. The molecule has 0 aromatic rings. The summed E-state index contributed by atoms with van der Waals surface area (Å²) in [7, 11) is -0.835. The van der Waals surface area contributed by atoms with Gasteiger partial charge in [0.25, 0.3) is 0 Å². The molecular formula is C7H17NSi. The fourth-order valence-electron chi connectivity index (χ4n) is 1.42. The number of nitrogens with one attached hydrogen (secondary N) is 1. The van der Waals surface area contributed by atoms with Crippen LogP contribution < -0.4 is 5.32 Å². The van der Waals surface area contributed by atoms with Gasteiger partial charge in [0.05, 0.1) is 8.07 Å². The first-order valence-electron chi connectivity index (χ1n) is 3.84. The third-order valence-corrected chi connectivity index (χ3v) is 4.69. The number of hydrogen-bond donors (Lipinski definition) is 1. The predicted molar refractivity (Wildman–Crippen MR) is 44.4 cm³/mol. The molecule has 0 amide bonds. The third-order valence-electron chi connectivity index (χ3n) is 2.11. The largest absolute Gasteiger partial charge is 0.317 e. The number of rotatable bonds is 1. The van der Waals surface area contributed by atoms with Crippen molar-refractivity contribution in [2.24, 2.45) is 0 Å². The Balaban J connectivity index is 2.42. The molecule has 0 bridgehead atoms. The summed E-state index contributed by atoms with van der Waals surface area (Å²) in [6.45, 7) is 8.58. The predicted octanol–water partition coefficient (Wildman–Crippen LogP) is 1.62. The van der Waals surface area contributed by atoms with Gasteiger partial charge in [-0.3, -0.25) is 0 Å². The van der Waals surface area contributed by atoms with Gasteiger partial charge in [-0.2, -0.15) is 0 Å². The van der Waals surface area contributed by atoms with Gasteiger partial charge in [-0.1, -0.05) is 19.6 Å². The highest BCUT2D eigenvalue weighted by molar-refractivity contribution is 6.77. The smallest absolute Gasteiger partial charge is 0.0635 e. The van der Waals surface area contributed by atoms with E-state index in [2.05, 4.69) is 25.0 Å². The van der Waals surface area contributed by atoms with E-state index in [-0.39, 0.29) is 0 Å². The second kappa shape index (κ2) is 2.43. The van der Waals surface area contributed by atoms with E-state index in [1.54, 1.807) is 0 Å². The molecule has 9 heavy (non-hydrogen) atoms. The minimum absolute atomic E-state index is 0.835. The summed E-state index contributed by atoms with van der Waals surface area (Å²) in [5.41, 5.74) is 0.900. The minimum atomic E-state index is -0.835. The molecule has 1 N–H and O–H groups in total. The maximum atomic E-state index is 3.56. The van der Waals surface area contributed by atoms with Crippen LogP contribution in [-0.2, 0) is 0 Å². The standard InChI is InChI=1S/C7H17NSi/c1-9(2,3)7-5-4-6-8-7/h7-8H,4-6H2,1-3H3/t7-/m0/s1. The van der Waals surface area contributed by atoms with Gasteiger partial charge in [0, 0.05) is 0 Å². The molecule has 0 aromatic heterocycles. The van der Waals surface area contributed by atoms with Gasteiger partial charge in [-0.05, 0) is 25.1 Å². The third kappa shape index (κ3) is 1.80. The van der Waals surface area contributed by atoms with Crippen molar-refractivity contribution >= 4 is 8.07 Å². The van der Waals surface area contributed by atoms with Crippen molar-refractivity contribution in [1.29, 1.82) is 0 Å². The fourth-order valence-corrected chi connectivity index (χ4v) is 3.25. The molecule has 1 nitrogen and oxygen atoms in total. The van der Waals surface area contributed by atoms with E-state index in [0.29, 0.717) is 0 Å². The van der Waals surface area contributed by atoms with Crippen LogP contribution in [0.1, 0.15) is 12.8 Å². The minimum Gasteiger partial charge on any atom is -0.317 e. The van der Waals surface area contributed by atoms with Crippen molar-refractivity contribution in [1.82, 2.24) is 5.32 Å². The van der Waals surface area contributed by atoms with Gasteiger partial charge in [-0.25, -0.2) is 0 Å². The van der Waals surface area contributed by atoms with Crippen LogP contribution in [0.15, 0.2) is 0 Å². The van der Waals surface area contributed by atoms with E-state index < -0.39 is 8.07 Å². The Morgan fingerprint density at radius 3 is 2.22 bits per heavy atom. The van der Waals surface area contributed by atoms with Gasteiger partial charge in [0.2, 0.25) is 0 Å². The van der Waals surface area contributed by atoms with Gasteiger partial charge in [-0.15, -0.1) is 0 Å². The monoisotopic (exact) mass is 143 g/mol. The topological polar surface area (TPSA) is 12.0 Å². The van der Waals surface area contributed by atoms with E-state index in [4.69, 9.17) is 0 Å². The Morgan fingerprint density at radius 2 is 2.00 bits per heavy atom. The molecule has 2 heteroatoms. The Morgan fingerprint density at radius 1 is 1.33 bits per heavy atom.